The summed E-state index contributed by atoms with van der Waals surface area (Å²) in [7, 11) is 0. The number of amidine groups is 1. The molecule has 6 heteroatoms. The molecule has 0 spiro atoms. The summed E-state index contributed by atoms with van der Waals surface area (Å²) in [5, 5.41) is 11.9. The number of piperazine rings is 1. The van der Waals surface area contributed by atoms with E-state index in [1.54, 1.807) is 0 Å². The predicted octanol–water partition coefficient (Wildman–Crippen LogP) is 0.846. The van der Waals surface area contributed by atoms with Gasteiger partial charge in [0.15, 0.2) is 5.84 Å². The Labute approximate surface area is 120 Å². The van der Waals surface area contributed by atoms with Crippen molar-refractivity contribution in [3.8, 4) is 0 Å². The first-order valence-electron chi connectivity index (χ1n) is 7.67. The monoisotopic (exact) mass is 282 g/mol. The Balaban J connectivity index is 1.86. The number of hydrogen-bond acceptors (Lipinski definition) is 4. The molecule has 3 N–H and O–H groups in total. The molecule has 114 valence electrons. The van der Waals surface area contributed by atoms with Crippen LogP contribution in [0.2, 0.25) is 0 Å². The van der Waals surface area contributed by atoms with Gasteiger partial charge in [0.2, 0.25) is 5.91 Å². The van der Waals surface area contributed by atoms with Gasteiger partial charge >= 0.3 is 0 Å². The van der Waals surface area contributed by atoms with E-state index in [0.717, 1.165) is 45.4 Å². The number of nitrogens with two attached hydrogens (primary N) is 1. The van der Waals surface area contributed by atoms with E-state index in [4.69, 9.17) is 10.9 Å². The molecule has 1 aliphatic carbocycles. The third-order valence-corrected chi connectivity index (χ3v) is 4.61. The van der Waals surface area contributed by atoms with Crippen molar-refractivity contribution in [1.29, 1.82) is 0 Å². The lowest BCUT2D eigenvalue weighted by atomic mass is 10.1. The standard InChI is InChI=1S/C14H26N4O2/c1-2-12(13(15)16-20)17-7-9-18(10-8-17)14(19)11-5-3-4-6-11/h11-12,20H,2-10H2,1H3,(H2,15,16). The predicted molar refractivity (Wildman–Crippen MR) is 77.6 cm³/mol. The fourth-order valence-electron chi connectivity index (χ4n) is 3.41. The van der Waals surface area contributed by atoms with Gasteiger partial charge in [-0.25, -0.2) is 0 Å². The SMILES string of the molecule is CCC(C(N)=NO)N1CCN(C(=O)C2CCCC2)CC1. The second-order valence-corrected chi connectivity index (χ2v) is 5.79. The Hall–Kier alpha value is -1.30. The van der Waals surface area contributed by atoms with Gasteiger partial charge in [-0.05, 0) is 19.3 Å². The molecule has 1 heterocycles. The molecule has 1 saturated heterocycles. The average Bonchev–Trinajstić information content (AvgIpc) is 3.02. The zero-order valence-electron chi connectivity index (χ0n) is 12.3. The highest BCUT2D eigenvalue weighted by Crippen LogP contribution is 2.27. The van der Waals surface area contributed by atoms with Crippen LogP contribution in [0.3, 0.4) is 0 Å². The normalized spacial score (nSPS) is 24.1. The van der Waals surface area contributed by atoms with E-state index in [1.807, 2.05) is 11.8 Å². The summed E-state index contributed by atoms with van der Waals surface area (Å²) >= 11 is 0. The summed E-state index contributed by atoms with van der Waals surface area (Å²) in [6.07, 6.45) is 5.31. The molecular formula is C14H26N4O2. The number of rotatable bonds is 4. The lowest BCUT2D eigenvalue weighted by Crippen LogP contribution is -2.55. The first kappa shape index (κ1) is 15.1. The topological polar surface area (TPSA) is 82.2 Å². The number of oxime groups is 1. The van der Waals surface area contributed by atoms with E-state index < -0.39 is 0 Å². The van der Waals surface area contributed by atoms with Crippen LogP contribution in [-0.4, -0.2) is 59.0 Å². The molecule has 1 saturated carbocycles. The molecule has 0 aromatic carbocycles. The van der Waals surface area contributed by atoms with Gasteiger partial charge in [0.1, 0.15) is 0 Å². The highest BCUT2D eigenvalue weighted by atomic mass is 16.4. The van der Waals surface area contributed by atoms with Gasteiger partial charge in [0.05, 0.1) is 6.04 Å². The number of amides is 1. The van der Waals surface area contributed by atoms with Gasteiger partial charge in [0, 0.05) is 32.1 Å². The minimum atomic E-state index is -0.0243. The number of carbonyl (C=O) groups excluding carboxylic acids is 1. The molecule has 1 atom stereocenters. The van der Waals surface area contributed by atoms with Gasteiger partial charge in [-0.1, -0.05) is 24.9 Å². The Kier molecular flexibility index (Phi) is 5.23. The first-order chi connectivity index (χ1) is 9.67. The highest BCUT2D eigenvalue weighted by Gasteiger charge is 2.31. The third kappa shape index (κ3) is 3.23. The fraction of sp³-hybridized carbons (Fsp3) is 0.857. The maximum absolute atomic E-state index is 12.4. The molecule has 0 radical (unpaired) electrons. The van der Waals surface area contributed by atoms with Gasteiger partial charge < -0.3 is 15.8 Å². The lowest BCUT2D eigenvalue weighted by molar-refractivity contribution is -0.137. The number of hydrogen-bond donors (Lipinski definition) is 2. The molecule has 6 nitrogen and oxygen atoms in total. The number of nitrogens with zero attached hydrogens (tertiary/aromatic N) is 3. The van der Waals surface area contributed by atoms with Crippen molar-refractivity contribution in [2.75, 3.05) is 26.2 Å². The van der Waals surface area contributed by atoms with Crippen molar-refractivity contribution in [3.05, 3.63) is 0 Å². The minimum absolute atomic E-state index is 0.0243. The van der Waals surface area contributed by atoms with Crippen molar-refractivity contribution in [3.63, 3.8) is 0 Å². The van der Waals surface area contributed by atoms with E-state index >= 15 is 0 Å². The van der Waals surface area contributed by atoms with E-state index in [9.17, 15) is 4.79 Å². The van der Waals surface area contributed by atoms with E-state index in [-0.39, 0.29) is 17.8 Å². The maximum Gasteiger partial charge on any atom is 0.225 e. The summed E-state index contributed by atoms with van der Waals surface area (Å²) in [6, 6.07) is -0.0243. The van der Waals surface area contributed by atoms with E-state index in [1.165, 1.54) is 12.8 Å². The summed E-state index contributed by atoms with van der Waals surface area (Å²) in [4.78, 5) is 16.5. The lowest BCUT2D eigenvalue weighted by Gasteiger charge is -2.39. The van der Waals surface area contributed by atoms with Crippen molar-refractivity contribution >= 4 is 11.7 Å². The molecule has 0 aromatic heterocycles. The Morgan fingerprint density at radius 3 is 2.40 bits per heavy atom. The summed E-state index contributed by atoms with van der Waals surface area (Å²) in [5.41, 5.74) is 5.73. The number of carbonyl (C=O) groups is 1. The molecule has 2 rings (SSSR count). The van der Waals surface area contributed by atoms with Crippen LogP contribution in [0.15, 0.2) is 5.16 Å². The van der Waals surface area contributed by atoms with Crippen molar-refractivity contribution in [2.24, 2.45) is 16.8 Å². The molecular weight excluding hydrogens is 256 g/mol. The Morgan fingerprint density at radius 2 is 1.90 bits per heavy atom. The molecule has 2 fully saturated rings. The molecule has 2 aliphatic rings. The van der Waals surface area contributed by atoms with Crippen LogP contribution in [0.5, 0.6) is 0 Å². The van der Waals surface area contributed by atoms with Crippen LogP contribution in [-0.2, 0) is 4.79 Å². The van der Waals surface area contributed by atoms with Gasteiger partial charge in [-0.2, -0.15) is 0 Å². The molecule has 20 heavy (non-hydrogen) atoms. The fourth-order valence-corrected chi connectivity index (χ4v) is 3.41. The average molecular weight is 282 g/mol. The molecule has 1 amide bonds. The molecule has 1 aliphatic heterocycles. The molecule has 0 aromatic rings. The summed E-state index contributed by atoms with van der Waals surface area (Å²) in [5.74, 6) is 0.856. The highest BCUT2D eigenvalue weighted by molar-refractivity contribution is 5.85. The second-order valence-electron chi connectivity index (χ2n) is 5.79. The quantitative estimate of drug-likeness (QED) is 0.346. The van der Waals surface area contributed by atoms with Gasteiger partial charge in [0.25, 0.3) is 0 Å². The van der Waals surface area contributed by atoms with Gasteiger partial charge in [-0.15, -0.1) is 0 Å². The second kappa shape index (κ2) is 6.92. The van der Waals surface area contributed by atoms with E-state index in [2.05, 4.69) is 10.1 Å². The van der Waals surface area contributed by atoms with Crippen LogP contribution >= 0.6 is 0 Å². The molecule has 1 unspecified atom stereocenters. The summed E-state index contributed by atoms with van der Waals surface area (Å²) in [6.45, 7) is 5.13. The van der Waals surface area contributed by atoms with Crippen LogP contribution in [0.4, 0.5) is 0 Å². The molecule has 0 bridgehead atoms. The van der Waals surface area contributed by atoms with Crippen LogP contribution in [0, 0.1) is 5.92 Å². The van der Waals surface area contributed by atoms with Crippen LogP contribution in [0.25, 0.3) is 0 Å². The van der Waals surface area contributed by atoms with Crippen molar-refractivity contribution in [1.82, 2.24) is 9.80 Å². The third-order valence-electron chi connectivity index (χ3n) is 4.61. The van der Waals surface area contributed by atoms with Crippen LogP contribution in [0.1, 0.15) is 39.0 Å². The summed E-state index contributed by atoms with van der Waals surface area (Å²) < 4.78 is 0. The van der Waals surface area contributed by atoms with Crippen molar-refractivity contribution < 1.29 is 10.0 Å². The first-order valence-corrected chi connectivity index (χ1v) is 7.67. The van der Waals surface area contributed by atoms with E-state index in [0.29, 0.717) is 5.91 Å². The maximum atomic E-state index is 12.4. The Bertz CT molecular complexity index is 358. The zero-order valence-corrected chi connectivity index (χ0v) is 12.3. The largest absolute Gasteiger partial charge is 0.409 e. The Morgan fingerprint density at radius 1 is 1.30 bits per heavy atom. The zero-order chi connectivity index (χ0) is 14.5. The smallest absolute Gasteiger partial charge is 0.225 e. The van der Waals surface area contributed by atoms with Crippen LogP contribution < -0.4 is 5.73 Å². The minimum Gasteiger partial charge on any atom is -0.409 e. The van der Waals surface area contributed by atoms with Gasteiger partial charge in [-0.3, -0.25) is 9.69 Å². The van der Waals surface area contributed by atoms with Crippen molar-refractivity contribution in [2.45, 2.75) is 45.1 Å².